The number of aromatic amines is 1. The Morgan fingerprint density at radius 2 is 2.11 bits per heavy atom. The van der Waals surface area contributed by atoms with Crippen molar-refractivity contribution in [2.24, 2.45) is 5.73 Å². The highest BCUT2D eigenvalue weighted by Crippen LogP contribution is 2.51. The molecule has 1 unspecified atom stereocenters. The maximum atomic E-state index is 12.8. The van der Waals surface area contributed by atoms with Crippen molar-refractivity contribution in [3.05, 3.63) is 50.1 Å². The lowest BCUT2D eigenvalue weighted by Gasteiger charge is -2.16. The molecule has 3 aromatic rings. The third kappa shape index (κ3) is 2.57. The number of H-pyrrole nitrogens is 1. The van der Waals surface area contributed by atoms with Gasteiger partial charge in [-0.05, 0) is 54.9 Å². The van der Waals surface area contributed by atoms with Crippen LogP contribution in [0.2, 0.25) is 0 Å². The summed E-state index contributed by atoms with van der Waals surface area (Å²) in [5.74, 6) is -0.247. The van der Waals surface area contributed by atoms with E-state index in [1.165, 1.54) is 16.6 Å². The van der Waals surface area contributed by atoms with Crippen molar-refractivity contribution in [2.45, 2.75) is 37.6 Å². The molecule has 1 fully saturated rings. The number of nitrogens with one attached hydrogen (secondary N) is 1. The number of aromatic nitrogens is 1. The van der Waals surface area contributed by atoms with Crippen LogP contribution in [-0.2, 0) is 12.8 Å². The minimum absolute atomic E-state index is 0.197. The van der Waals surface area contributed by atoms with Gasteiger partial charge in [0, 0.05) is 27.6 Å². The Morgan fingerprint density at radius 3 is 2.75 bits per heavy atom. The van der Waals surface area contributed by atoms with E-state index in [4.69, 9.17) is 10.5 Å². The lowest BCUT2D eigenvalue weighted by atomic mass is 9.96. The number of hydrogen-bond donors (Lipinski definition) is 3. The summed E-state index contributed by atoms with van der Waals surface area (Å²) in [6.45, 7) is 0. The smallest absolute Gasteiger partial charge is 0.341 e. The van der Waals surface area contributed by atoms with E-state index in [0.717, 1.165) is 41.7 Å². The first-order valence-electron chi connectivity index (χ1n) is 9.35. The Kier molecular flexibility index (Phi) is 3.86. The number of methoxy groups -OCH3 is 1. The van der Waals surface area contributed by atoms with Crippen molar-refractivity contribution in [1.29, 1.82) is 0 Å². The molecule has 0 spiro atoms. The molecule has 4 N–H and O–H groups in total. The molecule has 0 radical (unpaired) electrons. The highest BCUT2D eigenvalue weighted by Gasteiger charge is 2.32. The number of pyridine rings is 1. The third-order valence-corrected chi connectivity index (χ3v) is 6.90. The molecule has 6 nitrogen and oxygen atoms in total. The van der Waals surface area contributed by atoms with Crippen LogP contribution < -0.4 is 15.9 Å². The monoisotopic (exact) mass is 396 g/mol. The van der Waals surface area contributed by atoms with E-state index in [1.54, 1.807) is 18.4 Å². The first kappa shape index (κ1) is 17.5. The summed E-state index contributed by atoms with van der Waals surface area (Å²) < 4.78 is 5.77. The molecule has 28 heavy (non-hydrogen) atoms. The number of carboxylic acids is 1. The average Bonchev–Trinajstić information content (AvgIpc) is 3.34. The molecule has 144 valence electrons. The van der Waals surface area contributed by atoms with E-state index in [0.29, 0.717) is 22.6 Å². The Morgan fingerprint density at radius 1 is 1.32 bits per heavy atom. The molecular weight excluding hydrogens is 376 g/mol. The zero-order chi connectivity index (χ0) is 19.6. The number of benzene rings is 1. The first-order chi connectivity index (χ1) is 13.5. The topological polar surface area (TPSA) is 105 Å². The van der Waals surface area contributed by atoms with Crippen LogP contribution in [-0.4, -0.2) is 29.2 Å². The summed E-state index contributed by atoms with van der Waals surface area (Å²) in [5.41, 5.74) is 9.28. The standard InChI is InChI=1S/C21H20N2O4S/c1-27-20-17(16-5-10-4-11(22)6-15(10)28-16)12(9-2-3-9)7-13-18(20)23-8-14(19(13)24)21(25)26/h5,7-9,11H,2-4,6,22H2,1H3,(H,23,24)(H,25,26). The van der Waals surface area contributed by atoms with Crippen LogP contribution in [0.25, 0.3) is 21.3 Å². The number of hydrogen-bond acceptors (Lipinski definition) is 5. The van der Waals surface area contributed by atoms with Crippen LogP contribution in [0.3, 0.4) is 0 Å². The molecule has 2 aliphatic carbocycles. The highest BCUT2D eigenvalue weighted by atomic mass is 32.1. The van der Waals surface area contributed by atoms with Crippen molar-refractivity contribution in [3.63, 3.8) is 0 Å². The predicted octanol–water partition coefficient (Wildman–Crippen LogP) is 3.27. The second kappa shape index (κ2) is 6.18. The quantitative estimate of drug-likeness (QED) is 0.628. The molecule has 0 aliphatic heterocycles. The molecule has 0 amide bonds. The van der Waals surface area contributed by atoms with Gasteiger partial charge in [-0.3, -0.25) is 4.79 Å². The Labute approximate surface area is 165 Å². The highest BCUT2D eigenvalue weighted by molar-refractivity contribution is 7.15. The molecule has 0 saturated heterocycles. The van der Waals surface area contributed by atoms with Crippen molar-refractivity contribution in [2.75, 3.05) is 7.11 Å². The van der Waals surface area contributed by atoms with Gasteiger partial charge in [0.25, 0.3) is 0 Å². The van der Waals surface area contributed by atoms with Gasteiger partial charge in [-0.1, -0.05) is 0 Å². The van der Waals surface area contributed by atoms with Crippen molar-refractivity contribution >= 4 is 28.2 Å². The number of ether oxygens (including phenoxy) is 1. The number of carboxylic acid groups (broad SMARTS) is 1. The Bertz CT molecular complexity index is 1170. The number of thiophene rings is 1. The van der Waals surface area contributed by atoms with Crippen LogP contribution >= 0.6 is 11.3 Å². The number of aromatic carboxylic acids is 1. The van der Waals surface area contributed by atoms with Gasteiger partial charge in [0.1, 0.15) is 5.56 Å². The van der Waals surface area contributed by atoms with E-state index >= 15 is 0 Å². The van der Waals surface area contributed by atoms with Gasteiger partial charge in [0.05, 0.1) is 18.0 Å². The van der Waals surface area contributed by atoms with Gasteiger partial charge in [-0.15, -0.1) is 11.3 Å². The van der Waals surface area contributed by atoms with Gasteiger partial charge in [0.15, 0.2) is 5.75 Å². The molecule has 2 aliphatic rings. The number of rotatable bonds is 4. The van der Waals surface area contributed by atoms with Crippen LogP contribution in [0, 0.1) is 0 Å². The normalized spacial score (nSPS) is 18.4. The van der Waals surface area contributed by atoms with E-state index in [2.05, 4.69) is 11.1 Å². The minimum Gasteiger partial charge on any atom is -0.494 e. The minimum atomic E-state index is -1.23. The molecule has 1 saturated carbocycles. The van der Waals surface area contributed by atoms with Crippen molar-refractivity contribution in [1.82, 2.24) is 4.98 Å². The van der Waals surface area contributed by atoms with E-state index in [1.807, 2.05) is 6.07 Å². The lowest BCUT2D eigenvalue weighted by molar-refractivity contribution is 0.0695. The second-order valence-electron chi connectivity index (χ2n) is 7.63. The molecule has 5 rings (SSSR count). The molecule has 2 aromatic heterocycles. The first-order valence-corrected chi connectivity index (χ1v) is 10.2. The van der Waals surface area contributed by atoms with E-state index in [-0.39, 0.29) is 11.6 Å². The SMILES string of the molecule is COc1c(-c2cc3c(s2)CC(N)C3)c(C2CC2)cc2c(=O)c(C(=O)O)c[nH]c12. The third-order valence-electron chi connectivity index (χ3n) is 5.69. The average molecular weight is 396 g/mol. The predicted molar refractivity (Wildman–Crippen MR) is 109 cm³/mol. The van der Waals surface area contributed by atoms with Gasteiger partial charge < -0.3 is 20.6 Å². The maximum Gasteiger partial charge on any atom is 0.341 e. The zero-order valence-corrected chi connectivity index (χ0v) is 16.2. The van der Waals surface area contributed by atoms with E-state index in [9.17, 15) is 14.7 Å². The Balaban J connectivity index is 1.80. The van der Waals surface area contributed by atoms with Crippen LogP contribution in [0.5, 0.6) is 5.75 Å². The fourth-order valence-corrected chi connectivity index (χ4v) is 5.57. The number of carbonyl (C=O) groups is 1. The second-order valence-corrected chi connectivity index (χ2v) is 8.77. The fourth-order valence-electron chi connectivity index (χ4n) is 4.22. The lowest BCUT2D eigenvalue weighted by Crippen LogP contribution is -2.19. The van der Waals surface area contributed by atoms with Crippen LogP contribution in [0.1, 0.15) is 45.1 Å². The fraction of sp³-hybridized carbons (Fsp3) is 0.333. The zero-order valence-electron chi connectivity index (χ0n) is 15.4. The van der Waals surface area contributed by atoms with Gasteiger partial charge in [-0.2, -0.15) is 0 Å². The molecule has 2 heterocycles. The van der Waals surface area contributed by atoms with Crippen LogP contribution in [0.4, 0.5) is 0 Å². The summed E-state index contributed by atoms with van der Waals surface area (Å²) in [6.07, 6.45) is 5.17. The Hall–Kier alpha value is -2.64. The molecule has 7 heteroatoms. The van der Waals surface area contributed by atoms with Crippen molar-refractivity contribution < 1.29 is 14.6 Å². The number of fused-ring (bicyclic) bond motifs is 2. The van der Waals surface area contributed by atoms with Crippen LogP contribution in [0.15, 0.2) is 23.1 Å². The summed E-state index contributed by atoms with van der Waals surface area (Å²) in [4.78, 5) is 29.6. The summed E-state index contributed by atoms with van der Waals surface area (Å²) in [5, 5.41) is 9.67. The number of nitrogens with two attached hydrogens (primary N) is 1. The van der Waals surface area contributed by atoms with Crippen molar-refractivity contribution in [3.8, 4) is 16.2 Å². The summed E-state index contributed by atoms with van der Waals surface area (Å²) in [7, 11) is 1.59. The van der Waals surface area contributed by atoms with Gasteiger partial charge in [0.2, 0.25) is 5.43 Å². The maximum absolute atomic E-state index is 12.8. The summed E-state index contributed by atoms with van der Waals surface area (Å²) in [6, 6.07) is 4.27. The van der Waals surface area contributed by atoms with Gasteiger partial charge in [-0.25, -0.2) is 4.79 Å². The molecular formula is C21H20N2O4S. The molecule has 1 atom stereocenters. The van der Waals surface area contributed by atoms with Gasteiger partial charge >= 0.3 is 5.97 Å². The molecule has 0 bridgehead atoms. The largest absolute Gasteiger partial charge is 0.494 e. The van der Waals surface area contributed by atoms with E-state index < -0.39 is 11.4 Å². The molecule has 1 aromatic carbocycles. The summed E-state index contributed by atoms with van der Waals surface area (Å²) >= 11 is 1.74.